The summed E-state index contributed by atoms with van der Waals surface area (Å²) in [4.78, 5) is 12.7. The molecule has 1 N–H and O–H groups in total. The molecule has 1 amide bonds. The third-order valence-electron chi connectivity index (χ3n) is 4.63. The average molecular weight is 368 g/mol. The summed E-state index contributed by atoms with van der Waals surface area (Å²) in [7, 11) is 0. The Kier molecular flexibility index (Phi) is 7.06. The number of carbonyl (C=O) groups is 1. The second kappa shape index (κ2) is 9.07. The van der Waals surface area contributed by atoms with Crippen molar-refractivity contribution in [3.05, 3.63) is 65.7 Å². The van der Waals surface area contributed by atoms with Crippen molar-refractivity contribution in [1.29, 1.82) is 0 Å². The van der Waals surface area contributed by atoms with E-state index in [-0.39, 0.29) is 17.4 Å². The molecule has 0 heterocycles. The molecule has 3 nitrogen and oxygen atoms in total. The van der Waals surface area contributed by atoms with Crippen LogP contribution in [0.15, 0.2) is 54.6 Å². The van der Waals surface area contributed by atoms with Gasteiger partial charge in [0.1, 0.15) is 5.75 Å². The zero-order chi connectivity index (χ0) is 20.0. The number of amides is 1. The molecule has 0 saturated heterocycles. The second-order valence-electron chi connectivity index (χ2n) is 8.64. The lowest BCUT2D eigenvalue weighted by Gasteiger charge is -2.24. The van der Waals surface area contributed by atoms with E-state index in [9.17, 15) is 4.79 Å². The van der Waals surface area contributed by atoms with Crippen LogP contribution >= 0.6 is 0 Å². The molecular weight excluding hydrogens is 334 g/mol. The quantitative estimate of drug-likeness (QED) is 0.686. The number of nitrogens with one attached hydrogen (secondary N) is 1. The Hall–Kier alpha value is -2.29. The van der Waals surface area contributed by atoms with Crippen molar-refractivity contribution < 1.29 is 9.53 Å². The topological polar surface area (TPSA) is 38.3 Å². The summed E-state index contributed by atoms with van der Waals surface area (Å²) < 4.78 is 5.87. The third-order valence-corrected chi connectivity index (χ3v) is 4.63. The maximum Gasteiger partial charge on any atom is 0.261 e. The molecule has 0 bridgehead atoms. The monoisotopic (exact) mass is 367 g/mol. The lowest BCUT2D eigenvalue weighted by Crippen LogP contribution is -2.39. The molecule has 0 saturated carbocycles. The van der Waals surface area contributed by atoms with E-state index in [4.69, 9.17) is 4.74 Å². The summed E-state index contributed by atoms with van der Waals surface area (Å²) in [5.74, 6) is 1.10. The number of hydrogen-bond donors (Lipinski definition) is 1. The van der Waals surface area contributed by atoms with Crippen molar-refractivity contribution in [1.82, 2.24) is 5.32 Å². The van der Waals surface area contributed by atoms with E-state index in [1.165, 1.54) is 5.56 Å². The van der Waals surface area contributed by atoms with Gasteiger partial charge in [-0.3, -0.25) is 4.79 Å². The van der Waals surface area contributed by atoms with Crippen molar-refractivity contribution >= 4 is 5.91 Å². The SMILES string of the molecule is CC(C)C[C@H](NC(=O)[C@@H](C)Oc1ccc(C(C)(C)C)cc1)c1ccccc1. The highest BCUT2D eigenvalue weighted by Gasteiger charge is 2.21. The molecule has 0 unspecified atom stereocenters. The summed E-state index contributed by atoms with van der Waals surface area (Å²) in [5.41, 5.74) is 2.47. The van der Waals surface area contributed by atoms with Crippen LogP contribution in [0.2, 0.25) is 0 Å². The Balaban J connectivity index is 2.02. The van der Waals surface area contributed by atoms with Gasteiger partial charge in [-0.25, -0.2) is 0 Å². The molecule has 146 valence electrons. The van der Waals surface area contributed by atoms with Gasteiger partial charge in [-0.1, -0.05) is 77.1 Å². The zero-order valence-electron chi connectivity index (χ0n) is 17.5. The van der Waals surface area contributed by atoms with Crippen molar-refractivity contribution in [3.63, 3.8) is 0 Å². The molecule has 0 spiro atoms. The van der Waals surface area contributed by atoms with Crippen LogP contribution in [0.3, 0.4) is 0 Å². The van der Waals surface area contributed by atoms with Gasteiger partial charge in [0.25, 0.3) is 5.91 Å². The van der Waals surface area contributed by atoms with E-state index in [2.05, 4.69) is 64.2 Å². The first-order valence-corrected chi connectivity index (χ1v) is 9.79. The first-order valence-electron chi connectivity index (χ1n) is 9.79. The van der Waals surface area contributed by atoms with Crippen molar-refractivity contribution in [3.8, 4) is 5.75 Å². The fraction of sp³-hybridized carbons (Fsp3) is 0.458. The lowest BCUT2D eigenvalue weighted by molar-refractivity contribution is -0.128. The Bertz CT molecular complexity index is 714. The smallest absolute Gasteiger partial charge is 0.261 e. The molecule has 2 aromatic carbocycles. The van der Waals surface area contributed by atoms with Crippen molar-refractivity contribution in [2.24, 2.45) is 5.92 Å². The van der Waals surface area contributed by atoms with E-state index < -0.39 is 6.10 Å². The second-order valence-corrected chi connectivity index (χ2v) is 8.64. The molecule has 0 aliphatic rings. The van der Waals surface area contributed by atoms with Gasteiger partial charge in [0.05, 0.1) is 6.04 Å². The Labute approximate surface area is 164 Å². The highest BCUT2D eigenvalue weighted by molar-refractivity contribution is 5.81. The predicted molar refractivity (Wildman–Crippen MR) is 112 cm³/mol. The van der Waals surface area contributed by atoms with E-state index in [0.717, 1.165) is 12.0 Å². The van der Waals surface area contributed by atoms with Gasteiger partial charge in [0, 0.05) is 0 Å². The minimum Gasteiger partial charge on any atom is -0.481 e. The molecule has 2 aromatic rings. The maximum atomic E-state index is 12.7. The van der Waals surface area contributed by atoms with Gasteiger partial charge < -0.3 is 10.1 Å². The molecule has 0 aliphatic heterocycles. The van der Waals surface area contributed by atoms with Crippen LogP contribution in [-0.4, -0.2) is 12.0 Å². The zero-order valence-corrected chi connectivity index (χ0v) is 17.5. The fourth-order valence-corrected chi connectivity index (χ4v) is 3.02. The average Bonchev–Trinajstić information content (AvgIpc) is 2.61. The van der Waals surface area contributed by atoms with Crippen LogP contribution in [0.25, 0.3) is 0 Å². The fourth-order valence-electron chi connectivity index (χ4n) is 3.02. The highest BCUT2D eigenvalue weighted by atomic mass is 16.5. The molecule has 2 atom stereocenters. The normalized spacial score (nSPS) is 13.9. The van der Waals surface area contributed by atoms with Gasteiger partial charge >= 0.3 is 0 Å². The van der Waals surface area contributed by atoms with Gasteiger partial charge in [-0.05, 0) is 47.9 Å². The Morgan fingerprint density at radius 2 is 1.56 bits per heavy atom. The molecule has 0 aliphatic carbocycles. The van der Waals surface area contributed by atoms with E-state index in [1.54, 1.807) is 6.92 Å². The first kappa shape index (κ1) is 21.0. The van der Waals surface area contributed by atoms with Crippen LogP contribution in [0.5, 0.6) is 5.75 Å². The maximum absolute atomic E-state index is 12.7. The molecule has 0 radical (unpaired) electrons. The lowest BCUT2D eigenvalue weighted by atomic mass is 9.87. The molecular formula is C24H33NO2. The van der Waals surface area contributed by atoms with Crippen molar-refractivity contribution in [2.75, 3.05) is 0 Å². The molecule has 3 heteroatoms. The van der Waals surface area contributed by atoms with Crippen molar-refractivity contribution in [2.45, 2.75) is 65.5 Å². The number of benzene rings is 2. The van der Waals surface area contributed by atoms with Gasteiger partial charge in [-0.2, -0.15) is 0 Å². The van der Waals surface area contributed by atoms with E-state index in [0.29, 0.717) is 11.7 Å². The minimum absolute atomic E-state index is 0.00647. The predicted octanol–water partition coefficient (Wildman–Crippen LogP) is 5.66. The largest absolute Gasteiger partial charge is 0.481 e. The molecule has 27 heavy (non-hydrogen) atoms. The van der Waals surface area contributed by atoms with Gasteiger partial charge in [-0.15, -0.1) is 0 Å². The van der Waals surface area contributed by atoms with Crippen LogP contribution in [0, 0.1) is 5.92 Å². The number of carbonyl (C=O) groups excluding carboxylic acids is 1. The first-order chi connectivity index (χ1) is 12.7. The molecule has 2 rings (SSSR count). The van der Waals surface area contributed by atoms with Crippen LogP contribution < -0.4 is 10.1 Å². The molecule has 0 fully saturated rings. The standard InChI is InChI=1S/C24H33NO2/c1-17(2)16-22(19-10-8-7-9-11-19)25-23(26)18(3)27-21-14-12-20(13-15-21)24(4,5)6/h7-15,17-18,22H,16H2,1-6H3,(H,25,26)/t18-,22+/m1/s1. The van der Waals surface area contributed by atoms with E-state index in [1.807, 2.05) is 30.3 Å². The summed E-state index contributed by atoms with van der Waals surface area (Å²) in [6.07, 6.45) is 0.340. The third kappa shape index (κ3) is 6.42. The summed E-state index contributed by atoms with van der Waals surface area (Å²) in [6, 6.07) is 18.1. The van der Waals surface area contributed by atoms with E-state index >= 15 is 0 Å². The Morgan fingerprint density at radius 3 is 2.07 bits per heavy atom. The highest BCUT2D eigenvalue weighted by Crippen LogP contribution is 2.25. The molecule has 0 aromatic heterocycles. The Morgan fingerprint density at radius 1 is 0.963 bits per heavy atom. The van der Waals surface area contributed by atoms with Gasteiger partial charge in [0.15, 0.2) is 6.10 Å². The van der Waals surface area contributed by atoms with Crippen LogP contribution in [0.1, 0.15) is 65.1 Å². The van der Waals surface area contributed by atoms with Crippen LogP contribution in [0.4, 0.5) is 0 Å². The van der Waals surface area contributed by atoms with Crippen LogP contribution in [-0.2, 0) is 10.2 Å². The summed E-state index contributed by atoms with van der Waals surface area (Å²) in [6.45, 7) is 12.7. The number of hydrogen-bond acceptors (Lipinski definition) is 2. The summed E-state index contributed by atoms with van der Waals surface area (Å²) in [5, 5.41) is 3.16. The number of rotatable bonds is 7. The minimum atomic E-state index is -0.552. The number of ether oxygens (including phenoxy) is 1. The van der Waals surface area contributed by atoms with Gasteiger partial charge in [0.2, 0.25) is 0 Å². The summed E-state index contributed by atoms with van der Waals surface area (Å²) >= 11 is 0.